The number of amides is 2. The van der Waals surface area contributed by atoms with E-state index in [1.165, 1.54) is 17.7 Å². The minimum atomic E-state index is -4.54. The summed E-state index contributed by atoms with van der Waals surface area (Å²) >= 11 is 0. The Balaban J connectivity index is 1.41. The van der Waals surface area contributed by atoms with Crippen molar-refractivity contribution < 1.29 is 22.8 Å². The standard InChI is InChI=1S/C22H18F3N3O2/c23-22(24,25)13-4-3-5-14(10-13)28-20(29)11-19(21(28)30)27-9-8-16-15-6-1-2-7-17(15)26-18(16)12-27/h1-7,10,19,26H,8-9,11-12H2/t19-/m1/s1. The maximum Gasteiger partial charge on any atom is 0.416 e. The summed E-state index contributed by atoms with van der Waals surface area (Å²) in [6, 6.07) is 11.7. The summed E-state index contributed by atoms with van der Waals surface area (Å²) in [6.45, 7) is 1.10. The average Bonchev–Trinajstić information content (AvgIpc) is 3.23. The van der Waals surface area contributed by atoms with Crippen LogP contribution in [0.5, 0.6) is 0 Å². The Hall–Kier alpha value is -3.13. The third-order valence-electron chi connectivity index (χ3n) is 5.91. The zero-order valence-electron chi connectivity index (χ0n) is 15.9. The van der Waals surface area contributed by atoms with Gasteiger partial charge in [-0.3, -0.25) is 14.5 Å². The number of nitrogens with one attached hydrogen (secondary N) is 1. The molecule has 154 valence electrons. The van der Waals surface area contributed by atoms with E-state index in [-0.39, 0.29) is 12.1 Å². The first kappa shape index (κ1) is 18.9. The zero-order chi connectivity index (χ0) is 21.0. The molecule has 5 rings (SSSR count). The highest BCUT2D eigenvalue weighted by Gasteiger charge is 2.44. The molecule has 0 spiro atoms. The van der Waals surface area contributed by atoms with Gasteiger partial charge in [-0.2, -0.15) is 13.2 Å². The van der Waals surface area contributed by atoms with E-state index in [4.69, 9.17) is 0 Å². The van der Waals surface area contributed by atoms with E-state index in [1.54, 1.807) is 0 Å². The number of imide groups is 1. The number of carbonyl (C=O) groups is 2. The molecule has 5 nitrogen and oxygen atoms in total. The van der Waals surface area contributed by atoms with Crippen molar-refractivity contribution in [2.45, 2.75) is 31.6 Å². The normalized spacial score (nSPS) is 20.2. The molecule has 2 amide bonds. The summed E-state index contributed by atoms with van der Waals surface area (Å²) in [7, 11) is 0. The molecule has 3 aromatic rings. The van der Waals surface area contributed by atoms with Crippen LogP contribution in [0.1, 0.15) is 23.2 Å². The van der Waals surface area contributed by atoms with Crippen molar-refractivity contribution >= 4 is 28.4 Å². The predicted molar refractivity (Wildman–Crippen MR) is 105 cm³/mol. The Labute approximate surface area is 170 Å². The summed E-state index contributed by atoms with van der Waals surface area (Å²) in [4.78, 5) is 31.8. The molecule has 1 atom stereocenters. The van der Waals surface area contributed by atoms with E-state index in [0.29, 0.717) is 13.1 Å². The monoisotopic (exact) mass is 413 g/mol. The van der Waals surface area contributed by atoms with Crippen LogP contribution in [0, 0.1) is 0 Å². The number of H-pyrrole nitrogens is 1. The Bertz CT molecular complexity index is 1170. The lowest BCUT2D eigenvalue weighted by Gasteiger charge is -2.30. The van der Waals surface area contributed by atoms with Crippen LogP contribution in [0.15, 0.2) is 48.5 Å². The van der Waals surface area contributed by atoms with Gasteiger partial charge in [0.15, 0.2) is 0 Å². The molecule has 0 aliphatic carbocycles. The highest BCUT2D eigenvalue weighted by atomic mass is 19.4. The second-order valence-electron chi connectivity index (χ2n) is 7.68. The maximum atomic E-state index is 13.0. The molecular weight excluding hydrogens is 395 g/mol. The van der Waals surface area contributed by atoms with Crippen LogP contribution in [0.4, 0.5) is 18.9 Å². The number of benzene rings is 2. The second kappa shape index (κ2) is 6.70. The number of rotatable bonds is 2. The molecule has 30 heavy (non-hydrogen) atoms. The molecule has 8 heteroatoms. The van der Waals surface area contributed by atoms with Gasteiger partial charge in [0, 0.05) is 29.7 Å². The van der Waals surface area contributed by atoms with Gasteiger partial charge in [0.25, 0.3) is 5.91 Å². The van der Waals surface area contributed by atoms with Gasteiger partial charge in [0.05, 0.1) is 23.7 Å². The maximum absolute atomic E-state index is 13.0. The number of para-hydroxylation sites is 1. The third kappa shape index (κ3) is 2.99. The van der Waals surface area contributed by atoms with Gasteiger partial charge >= 0.3 is 6.18 Å². The Morgan fingerprint density at radius 1 is 1.03 bits per heavy atom. The Morgan fingerprint density at radius 3 is 2.63 bits per heavy atom. The number of hydrogen-bond acceptors (Lipinski definition) is 3. The molecule has 1 fully saturated rings. The number of anilines is 1. The number of alkyl halides is 3. The van der Waals surface area contributed by atoms with Crippen molar-refractivity contribution in [3.63, 3.8) is 0 Å². The van der Waals surface area contributed by atoms with Gasteiger partial charge in [-0.1, -0.05) is 24.3 Å². The van der Waals surface area contributed by atoms with Crippen molar-refractivity contribution in [3.05, 3.63) is 65.4 Å². The summed E-state index contributed by atoms with van der Waals surface area (Å²) in [5.74, 6) is -0.953. The van der Waals surface area contributed by atoms with Gasteiger partial charge in [-0.15, -0.1) is 0 Å². The fraction of sp³-hybridized carbons (Fsp3) is 0.273. The molecule has 2 aliphatic rings. The van der Waals surface area contributed by atoms with Crippen LogP contribution in [-0.4, -0.2) is 34.3 Å². The third-order valence-corrected chi connectivity index (χ3v) is 5.91. The molecule has 2 aromatic carbocycles. The summed E-state index contributed by atoms with van der Waals surface area (Å²) in [5, 5.41) is 1.16. The topological polar surface area (TPSA) is 56.4 Å². The molecular formula is C22H18F3N3O2. The summed E-state index contributed by atoms with van der Waals surface area (Å²) in [5.41, 5.74) is 2.34. The Kier molecular flexibility index (Phi) is 4.21. The number of aromatic nitrogens is 1. The van der Waals surface area contributed by atoms with Gasteiger partial charge < -0.3 is 4.98 Å². The SMILES string of the molecule is O=C1C[C@@H](N2CCc3c([nH]c4ccccc34)C2)C(=O)N1c1cccc(C(F)(F)F)c1. The highest BCUT2D eigenvalue weighted by Crippen LogP contribution is 2.35. The summed E-state index contributed by atoms with van der Waals surface area (Å²) in [6.07, 6.45) is -3.84. The van der Waals surface area contributed by atoms with Crippen LogP contribution >= 0.6 is 0 Å². The molecule has 1 aromatic heterocycles. The van der Waals surface area contributed by atoms with Gasteiger partial charge in [-0.05, 0) is 36.2 Å². The van der Waals surface area contributed by atoms with Crippen LogP contribution in [0.3, 0.4) is 0 Å². The van der Waals surface area contributed by atoms with E-state index in [2.05, 4.69) is 11.1 Å². The number of nitrogens with zero attached hydrogens (tertiary/aromatic N) is 2. The van der Waals surface area contributed by atoms with E-state index in [1.807, 2.05) is 23.1 Å². The smallest absolute Gasteiger partial charge is 0.357 e. The van der Waals surface area contributed by atoms with Crippen molar-refractivity contribution in [2.24, 2.45) is 0 Å². The summed E-state index contributed by atoms with van der Waals surface area (Å²) < 4.78 is 39.1. The molecule has 0 radical (unpaired) electrons. The van der Waals surface area contributed by atoms with Crippen LogP contribution in [0.25, 0.3) is 10.9 Å². The van der Waals surface area contributed by atoms with Gasteiger partial charge in [0.1, 0.15) is 0 Å². The lowest BCUT2D eigenvalue weighted by Crippen LogP contribution is -2.44. The minimum Gasteiger partial charge on any atom is -0.357 e. The lowest BCUT2D eigenvalue weighted by atomic mass is 10.0. The molecule has 0 saturated carbocycles. The molecule has 2 aliphatic heterocycles. The van der Waals surface area contributed by atoms with E-state index >= 15 is 0 Å². The van der Waals surface area contributed by atoms with Gasteiger partial charge in [0.2, 0.25) is 5.91 Å². The molecule has 0 unspecified atom stereocenters. The van der Waals surface area contributed by atoms with Crippen molar-refractivity contribution in [1.29, 1.82) is 0 Å². The van der Waals surface area contributed by atoms with Crippen LogP contribution in [-0.2, 0) is 28.7 Å². The van der Waals surface area contributed by atoms with E-state index in [9.17, 15) is 22.8 Å². The number of halogens is 3. The quantitative estimate of drug-likeness (QED) is 0.649. The second-order valence-corrected chi connectivity index (χ2v) is 7.68. The number of hydrogen-bond donors (Lipinski definition) is 1. The molecule has 1 saturated heterocycles. The number of aromatic amines is 1. The zero-order valence-corrected chi connectivity index (χ0v) is 15.9. The van der Waals surface area contributed by atoms with E-state index < -0.39 is 29.6 Å². The largest absolute Gasteiger partial charge is 0.416 e. The predicted octanol–water partition coefficient (Wildman–Crippen LogP) is 3.88. The first-order valence-electron chi connectivity index (χ1n) is 9.69. The fourth-order valence-corrected chi connectivity index (χ4v) is 4.47. The van der Waals surface area contributed by atoms with Gasteiger partial charge in [-0.25, -0.2) is 4.90 Å². The van der Waals surface area contributed by atoms with Crippen LogP contribution in [0.2, 0.25) is 0 Å². The molecule has 3 heterocycles. The molecule has 1 N–H and O–H groups in total. The highest BCUT2D eigenvalue weighted by molar-refractivity contribution is 6.22. The Morgan fingerprint density at radius 2 is 1.83 bits per heavy atom. The fourth-order valence-electron chi connectivity index (χ4n) is 4.47. The van der Waals surface area contributed by atoms with Crippen LogP contribution < -0.4 is 4.90 Å². The lowest BCUT2D eigenvalue weighted by molar-refractivity contribution is -0.137. The van der Waals surface area contributed by atoms with E-state index in [0.717, 1.165) is 40.1 Å². The minimum absolute atomic E-state index is 0.0364. The first-order chi connectivity index (χ1) is 14.3. The van der Waals surface area contributed by atoms with Crippen molar-refractivity contribution in [3.8, 4) is 0 Å². The number of carbonyl (C=O) groups excluding carboxylic acids is 2. The van der Waals surface area contributed by atoms with Crippen molar-refractivity contribution in [1.82, 2.24) is 9.88 Å². The average molecular weight is 413 g/mol. The van der Waals surface area contributed by atoms with Crippen molar-refractivity contribution in [2.75, 3.05) is 11.4 Å². The molecule has 0 bridgehead atoms. The number of fused-ring (bicyclic) bond motifs is 3. The first-order valence-corrected chi connectivity index (χ1v) is 9.69.